The van der Waals surface area contributed by atoms with Crippen LogP contribution in [-0.4, -0.2) is 21.9 Å². The van der Waals surface area contributed by atoms with Crippen LogP contribution in [0.1, 0.15) is 16.7 Å². The van der Waals surface area contributed by atoms with Gasteiger partial charge in [-0.1, -0.05) is 53.7 Å². The molecule has 0 unspecified atom stereocenters. The van der Waals surface area contributed by atoms with Crippen molar-refractivity contribution in [2.45, 2.75) is 17.8 Å². The van der Waals surface area contributed by atoms with Gasteiger partial charge >= 0.3 is 0 Å². The summed E-state index contributed by atoms with van der Waals surface area (Å²) >= 11 is 1.59. The molecule has 0 saturated carbocycles. The summed E-state index contributed by atoms with van der Waals surface area (Å²) in [6, 6.07) is 25.9. The van der Waals surface area contributed by atoms with Gasteiger partial charge in [0.25, 0.3) is 0 Å². The number of thioether (sulfide) groups is 1. The number of aryl methyl sites for hydroxylation is 1. The Morgan fingerprint density at radius 1 is 1.00 bits per heavy atom. The number of ether oxygens (including phenoxy) is 1. The average molecular weight is 413 g/mol. The number of aromatic nitrogens is 3. The Labute approximate surface area is 180 Å². The van der Waals surface area contributed by atoms with Gasteiger partial charge in [0.05, 0.1) is 24.3 Å². The van der Waals surface area contributed by atoms with E-state index in [2.05, 4.69) is 52.0 Å². The van der Waals surface area contributed by atoms with Crippen molar-refractivity contribution in [3.8, 4) is 28.9 Å². The molecule has 0 radical (unpaired) electrons. The van der Waals surface area contributed by atoms with Crippen LogP contribution in [0.2, 0.25) is 0 Å². The van der Waals surface area contributed by atoms with Crippen LogP contribution in [0.4, 0.5) is 0 Å². The zero-order valence-electron chi connectivity index (χ0n) is 16.7. The lowest BCUT2D eigenvalue weighted by atomic mass is 10.1. The Morgan fingerprint density at radius 2 is 1.80 bits per heavy atom. The monoisotopic (exact) mass is 412 g/mol. The van der Waals surface area contributed by atoms with Crippen molar-refractivity contribution in [2.24, 2.45) is 0 Å². The first-order chi connectivity index (χ1) is 14.7. The Balaban J connectivity index is 1.76. The van der Waals surface area contributed by atoms with Crippen molar-refractivity contribution in [1.82, 2.24) is 14.8 Å². The molecule has 0 bridgehead atoms. The van der Waals surface area contributed by atoms with E-state index in [0.717, 1.165) is 33.5 Å². The lowest BCUT2D eigenvalue weighted by Crippen LogP contribution is -2.01. The number of methoxy groups -OCH3 is 1. The number of hydrogen-bond donors (Lipinski definition) is 0. The molecule has 5 nitrogen and oxygen atoms in total. The molecule has 148 valence electrons. The first kappa shape index (κ1) is 19.7. The number of hydrogen-bond acceptors (Lipinski definition) is 5. The fourth-order valence-electron chi connectivity index (χ4n) is 3.17. The molecule has 6 heteroatoms. The summed E-state index contributed by atoms with van der Waals surface area (Å²) in [5.74, 6) is 2.16. The maximum atomic E-state index is 9.15. The molecule has 1 aromatic heterocycles. The van der Waals surface area contributed by atoms with Crippen molar-refractivity contribution in [2.75, 3.05) is 7.11 Å². The number of para-hydroxylation sites is 1. The lowest BCUT2D eigenvalue weighted by Gasteiger charge is -2.13. The minimum absolute atomic E-state index is 0.655. The van der Waals surface area contributed by atoms with Gasteiger partial charge in [-0.3, -0.25) is 4.57 Å². The highest BCUT2D eigenvalue weighted by molar-refractivity contribution is 7.98. The molecule has 0 aliphatic carbocycles. The molecule has 0 amide bonds. The van der Waals surface area contributed by atoms with Crippen molar-refractivity contribution >= 4 is 11.8 Å². The summed E-state index contributed by atoms with van der Waals surface area (Å²) in [5.41, 5.74) is 4.78. The van der Waals surface area contributed by atoms with Gasteiger partial charge in [-0.2, -0.15) is 5.26 Å². The predicted molar refractivity (Wildman–Crippen MR) is 119 cm³/mol. The SMILES string of the molecule is COc1ccccc1-c1nnc(SCc2cccc(C#N)c2)n1-c1ccc(C)cc1. The Bertz CT molecular complexity index is 1210. The number of rotatable bonds is 6. The molecule has 0 N–H and O–H groups in total. The summed E-state index contributed by atoms with van der Waals surface area (Å²) in [4.78, 5) is 0. The Kier molecular flexibility index (Phi) is 5.82. The molecule has 0 saturated heterocycles. The molecule has 30 heavy (non-hydrogen) atoms. The highest BCUT2D eigenvalue weighted by Gasteiger charge is 2.19. The van der Waals surface area contributed by atoms with E-state index in [1.165, 1.54) is 5.56 Å². The van der Waals surface area contributed by atoms with Gasteiger partial charge in [-0.15, -0.1) is 10.2 Å². The van der Waals surface area contributed by atoms with Gasteiger partial charge in [-0.25, -0.2) is 0 Å². The van der Waals surface area contributed by atoms with Crippen LogP contribution in [0, 0.1) is 18.3 Å². The second kappa shape index (κ2) is 8.85. The average Bonchev–Trinajstić information content (AvgIpc) is 3.22. The molecular weight excluding hydrogens is 392 g/mol. The molecule has 1 heterocycles. The normalized spacial score (nSPS) is 10.6. The fourth-order valence-corrected chi connectivity index (χ4v) is 4.07. The van der Waals surface area contributed by atoms with E-state index >= 15 is 0 Å². The molecule has 3 aromatic carbocycles. The topological polar surface area (TPSA) is 63.7 Å². The van der Waals surface area contributed by atoms with Crippen LogP contribution >= 0.6 is 11.8 Å². The largest absolute Gasteiger partial charge is 0.496 e. The van der Waals surface area contributed by atoms with Crippen LogP contribution in [0.25, 0.3) is 17.1 Å². The van der Waals surface area contributed by atoms with E-state index < -0.39 is 0 Å². The number of nitriles is 1. The molecule has 0 spiro atoms. The molecule has 4 rings (SSSR count). The standard InChI is InChI=1S/C24H20N4OS/c1-17-10-12-20(13-11-17)28-23(21-8-3-4-9-22(21)29-2)26-27-24(28)30-16-19-7-5-6-18(14-19)15-25/h3-14H,16H2,1-2H3. The smallest absolute Gasteiger partial charge is 0.196 e. The predicted octanol–water partition coefficient (Wildman–Crippen LogP) is 5.42. The van der Waals surface area contributed by atoms with E-state index in [1.54, 1.807) is 18.9 Å². The maximum Gasteiger partial charge on any atom is 0.196 e. The Hall–Kier alpha value is -3.56. The third-order valence-corrected chi connectivity index (χ3v) is 5.70. The van der Waals surface area contributed by atoms with E-state index in [0.29, 0.717) is 11.3 Å². The van der Waals surface area contributed by atoms with Gasteiger partial charge in [-0.05, 0) is 48.9 Å². The highest BCUT2D eigenvalue weighted by atomic mass is 32.2. The minimum atomic E-state index is 0.655. The Morgan fingerprint density at radius 3 is 2.57 bits per heavy atom. The van der Waals surface area contributed by atoms with Crippen LogP contribution in [0.3, 0.4) is 0 Å². The summed E-state index contributed by atoms with van der Waals surface area (Å²) in [6.07, 6.45) is 0. The van der Waals surface area contributed by atoms with E-state index in [4.69, 9.17) is 10.00 Å². The van der Waals surface area contributed by atoms with Gasteiger partial charge < -0.3 is 4.74 Å². The summed E-state index contributed by atoms with van der Waals surface area (Å²) in [6.45, 7) is 2.06. The van der Waals surface area contributed by atoms with Crippen LogP contribution < -0.4 is 4.74 Å². The molecule has 0 atom stereocenters. The maximum absolute atomic E-state index is 9.15. The van der Waals surface area contributed by atoms with Crippen molar-refractivity contribution in [3.63, 3.8) is 0 Å². The van der Waals surface area contributed by atoms with Crippen LogP contribution in [0.15, 0.2) is 78.0 Å². The van der Waals surface area contributed by atoms with Crippen LogP contribution in [-0.2, 0) is 5.75 Å². The van der Waals surface area contributed by atoms with E-state index in [-0.39, 0.29) is 0 Å². The second-order valence-electron chi connectivity index (χ2n) is 6.78. The molecule has 0 fully saturated rings. The molecular formula is C24H20N4OS. The molecule has 0 aliphatic heterocycles. The lowest BCUT2D eigenvalue weighted by molar-refractivity contribution is 0.416. The van der Waals surface area contributed by atoms with E-state index in [1.807, 2.05) is 48.5 Å². The van der Waals surface area contributed by atoms with Crippen LogP contribution in [0.5, 0.6) is 5.75 Å². The second-order valence-corrected chi connectivity index (χ2v) is 7.72. The summed E-state index contributed by atoms with van der Waals surface area (Å²) < 4.78 is 7.61. The first-order valence-electron chi connectivity index (χ1n) is 9.47. The number of nitrogens with zero attached hydrogens (tertiary/aromatic N) is 4. The van der Waals surface area contributed by atoms with E-state index in [9.17, 15) is 0 Å². The number of benzene rings is 3. The highest BCUT2D eigenvalue weighted by Crippen LogP contribution is 2.34. The zero-order chi connectivity index (χ0) is 20.9. The van der Waals surface area contributed by atoms with Gasteiger partial charge in [0.1, 0.15) is 5.75 Å². The first-order valence-corrected chi connectivity index (χ1v) is 10.5. The zero-order valence-corrected chi connectivity index (χ0v) is 17.6. The van der Waals surface area contributed by atoms with Crippen molar-refractivity contribution in [3.05, 3.63) is 89.5 Å². The minimum Gasteiger partial charge on any atom is -0.496 e. The third-order valence-electron chi connectivity index (χ3n) is 4.70. The quantitative estimate of drug-likeness (QED) is 0.396. The van der Waals surface area contributed by atoms with Crippen molar-refractivity contribution in [1.29, 1.82) is 5.26 Å². The van der Waals surface area contributed by atoms with Crippen molar-refractivity contribution < 1.29 is 4.74 Å². The molecule has 0 aliphatic rings. The summed E-state index contributed by atoms with van der Waals surface area (Å²) in [5, 5.41) is 18.9. The fraction of sp³-hybridized carbons (Fsp3) is 0.125. The van der Waals surface area contributed by atoms with Gasteiger partial charge in [0.2, 0.25) is 0 Å². The van der Waals surface area contributed by atoms with Gasteiger partial charge in [0, 0.05) is 11.4 Å². The third kappa shape index (κ3) is 4.07. The van der Waals surface area contributed by atoms with Gasteiger partial charge in [0.15, 0.2) is 11.0 Å². The summed E-state index contributed by atoms with van der Waals surface area (Å²) in [7, 11) is 1.66. The molecule has 4 aromatic rings.